The van der Waals surface area contributed by atoms with E-state index in [1.165, 1.54) is 16.7 Å². The number of hydrogen-bond donors (Lipinski definition) is 2. The topological polar surface area (TPSA) is 99.2 Å². The van der Waals surface area contributed by atoms with Gasteiger partial charge in [0.1, 0.15) is 11.9 Å². The van der Waals surface area contributed by atoms with Gasteiger partial charge in [0.15, 0.2) is 0 Å². The summed E-state index contributed by atoms with van der Waals surface area (Å²) in [5.41, 5.74) is 4.51. The van der Waals surface area contributed by atoms with E-state index in [-0.39, 0.29) is 37.0 Å². The lowest BCUT2D eigenvalue weighted by Gasteiger charge is -2.34. The Labute approximate surface area is 237 Å². The van der Waals surface area contributed by atoms with Crippen LogP contribution in [0.15, 0.2) is 72.8 Å². The minimum absolute atomic E-state index is 0.0272. The van der Waals surface area contributed by atoms with Crippen molar-refractivity contribution in [2.75, 3.05) is 37.7 Å². The molecule has 3 aromatic carbocycles. The number of nitrogens with zero attached hydrogens (tertiary/aromatic N) is 2. The van der Waals surface area contributed by atoms with Crippen LogP contribution in [0.2, 0.25) is 0 Å². The first kappa shape index (κ1) is 29.6. The normalized spacial score (nSPS) is 18.8. The third-order valence-corrected chi connectivity index (χ3v) is 7.83. The highest BCUT2D eigenvalue weighted by atomic mass is 32.2. The molecule has 0 aromatic heterocycles. The molecule has 9 heteroatoms. The van der Waals surface area contributed by atoms with Crippen molar-refractivity contribution in [1.29, 1.82) is 0 Å². The molecule has 8 nitrogen and oxygen atoms in total. The van der Waals surface area contributed by atoms with E-state index in [1.807, 2.05) is 32.2 Å². The van der Waals surface area contributed by atoms with Gasteiger partial charge in [-0.3, -0.25) is 14.4 Å². The average molecular weight is 566 g/mol. The summed E-state index contributed by atoms with van der Waals surface area (Å²) < 4.78 is 32.6. The van der Waals surface area contributed by atoms with E-state index in [9.17, 15) is 18.3 Å². The van der Waals surface area contributed by atoms with Crippen LogP contribution < -0.4 is 9.46 Å². The molecule has 1 heterocycles. The van der Waals surface area contributed by atoms with Gasteiger partial charge in [-0.1, -0.05) is 61.5 Å². The number of rotatable bonds is 9. The number of fused-ring (bicyclic) bond motifs is 1. The Balaban J connectivity index is 1.55. The van der Waals surface area contributed by atoms with Crippen molar-refractivity contribution < 1.29 is 23.1 Å². The first-order chi connectivity index (χ1) is 19.0. The van der Waals surface area contributed by atoms with Crippen LogP contribution in [-0.4, -0.2) is 74.4 Å². The lowest BCUT2D eigenvalue weighted by atomic mass is 10.0. The van der Waals surface area contributed by atoms with Gasteiger partial charge in [0.25, 0.3) is 0 Å². The Morgan fingerprint density at radius 3 is 2.40 bits per heavy atom. The maximum Gasteiger partial charge on any atom is 0.229 e. The number of aliphatic hydroxyl groups is 1. The maximum absolute atomic E-state index is 13.3. The summed E-state index contributed by atoms with van der Waals surface area (Å²) >= 11 is 0. The van der Waals surface area contributed by atoms with Gasteiger partial charge >= 0.3 is 0 Å². The fourth-order valence-electron chi connectivity index (χ4n) is 5.04. The number of hydrogen-bond acceptors (Lipinski definition) is 6. The van der Waals surface area contributed by atoms with E-state index >= 15 is 0 Å². The number of carbonyl (C=O) groups is 1. The molecular weight excluding hydrogens is 526 g/mol. The van der Waals surface area contributed by atoms with E-state index in [1.54, 1.807) is 23.1 Å². The van der Waals surface area contributed by atoms with Crippen LogP contribution in [0.1, 0.15) is 25.0 Å². The molecule has 0 saturated heterocycles. The molecule has 0 spiro atoms. The molecule has 1 aliphatic rings. The quantitative estimate of drug-likeness (QED) is 0.407. The van der Waals surface area contributed by atoms with Crippen LogP contribution in [0.5, 0.6) is 5.75 Å². The minimum atomic E-state index is -3.48. The zero-order chi connectivity index (χ0) is 28.9. The van der Waals surface area contributed by atoms with Gasteiger partial charge in [0, 0.05) is 36.8 Å². The molecular formula is C31H39N3O5S. The molecule has 0 bridgehead atoms. The van der Waals surface area contributed by atoms with E-state index in [2.05, 4.69) is 52.9 Å². The second-order valence-corrected chi connectivity index (χ2v) is 12.6. The monoisotopic (exact) mass is 565 g/mol. The lowest BCUT2D eigenvalue weighted by Crippen LogP contribution is -2.47. The summed E-state index contributed by atoms with van der Waals surface area (Å²) in [6.07, 6.45) is 0.881. The van der Waals surface area contributed by atoms with Crippen molar-refractivity contribution >= 4 is 21.6 Å². The number of anilines is 1. The molecule has 0 unspecified atom stereocenters. The lowest BCUT2D eigenvalue weighted by molar-refractivity contribution is -0.134. The Morgan fingerprint density at radius 1 is 1.07 bits per heavy atom. The zero-order valence-corrected chi connectivity index (χ0v) is 24.4. The first-order valence-corrected chi connectivity index (χ1v) is 15.4. The van der Waals surface area contributed by atoms with Gasteiger partial charge in [-0.2, -0.15) is 0 Å². The number of nitrogens with one attached hydrogen (secondary N) is 1. The molecule has 0 radical (unpaired) electrons. The summed E-state index contributed by atoms with van der Waals surface area (Å²) in [6.45, 7) is 5.51. The average Bonchev–Trinajstić information content (AvgIpc) is 2.96. The van der Waals surface area contributed by atoms with Crippen LogP contribution in [0, 0.1) is 5.92 Å². The third-order valence-electron chi connectivity index (χ3n) is 7.22. The molecule has 1 aliphatic heterocycles. The maximum atomic E-state index is 13.3. The second-order valence-electron chi connectivity index (χ2n) is 10.8. The second kappa shape index (κ2) is 12.8. The van der Waals surface area contributed by atoms with Crippen molar-refractivity contribution in [2.45, 2.75) is 39.0 Å². The fourth-order valence-corrected chi connectivity index (χ4v) is 5.60. The number of sulfonamides is 1. The highest BCUT2D eigenvalue weighted by molar-refractivity contribution is 7.92. The minimum Gasteiger partial charge on any atom is -0.488 e. The summed E-state index contributed by atoms with van der Waals surface area (Å²) in [6, 6.07) is 23.5. The van der Waals surface area contributed by atoms with Crippen LogP contribution in [0.4, 0.5) is 5.69 Å². The van der Waals surface area contributed by atoms with Crippen LogP contribution in [0.25, 0.3) is 11.1 Å². The number of benzene rings is 3. The van der Waals surface area contributed by atoms with Gasteiger partial charge in [-0.25, -0.2) is 8.42 Å². The Morgan fingerprint density at radius 2 is 1.75 bits per heavy atom. The highest BCUT2D eigenvalue weighted by Crippen LogP contribution is 2.30. The third kappa shape index (κ3) is 7.84. The van der Waals surface area contributed by atoms with Crippen molar-refractivity contribution in [2.24, 2.45) is 5.92 Å². The molecule has 1 amide bonds. The molecule has 3 aromatic rings. The number of amides is 1. The fraction of sp³-hybridized carbons (Fsp3) is 0.387. The summed E-state index contributed by atoms with van der Waals surface area (Å²) in [4.78, 5) is 17.2. The van der Waals surface area contributed by atoms with Gasteiger partial charge in [0.05, 0.1) is 25.3 Å². The first-order valence-electron chi connectivity index (χ1n) is 13.5. The SMILES string of the molecule is C[C@@H]1CN([C@@H](C)CO)C(=O)Cc2cc(NS(C)(=O)=O)ccc2O[C@@H]1CN(C)Cc1ccc(-c2ccccc2)cc1. The van der Waals surface area contributed by atoms with Crippen LogP contribution >= 0.6 is 0 Å². The molecule has 0 fully saturated rings. The van der Waals surface area contributed by atoms with E-state index in [0.717, 1.165) is 12.8 Å². The van der Waals surface area contributed by atoms with Crippen molar-refractivity contribution in [3.8, 4) is 16.9 Å². The van der Waals surface area contributed by atoms with Gasteiger partial charge in [-0.05, 0) is 48.9 Å². The Bertz CT molecular complexity index is 1400. The molecule has 40 heavy (non-hydrogen) atoms. The Hall–Kier alpha value is -3.40. The predicted octanol–water partition coefficient (Wildman–Crippen LogP) is 4.01. The summed E-state index contributed by atoms with van der Waals surface area (Å²) in [5.74, 6) is 0.395. The molecule has 4 rings (SSSR count). The smallest absolute Gasteiger partial charge is 0.229 e. The number of ether oxygens (including phenoxy) is 1. The standard InChI is InChI=1S/C31H39N3O5S/c1-22-18-34(23(2)21-35)31(36)17-27-16-28(32-40(4,37)38)14-15-29(27)39-30(22)20-33(3)19-24-10-12-26(13-11-24)25-8-6-5-7-9-25/h5-16,22-23,30,32,35H,17-21H2,1-4H3/t22-,23+,30-/m1/s1. The largest absolute Gasteiger partial charge is 0.488 e. The Kier molecular flexibility index (Phi) is 9.50. The van der Waals surface area contributed by atoms with Gasteiger partial charge in [-0.15, -0.1) is 0 Å². The van der Waals surface area contributed by atoms with E-state index < -0.39 is 10.0 Å². The number of aliphatic hydroxyl groups excluding tert-OH is 1. The molecule has 0 saturated carbocycles. The predicted molar refractivity (Wildman–Crippen MR) is 159 cm³/mol. The van der Waals surface area contributed by atoms with Crippen molar-refractivity contribution in [3.63, 3.8) is 0 Å². The molecule has 2 N–H and O–H groups in total. The van der Waals surface area contributed by atoms with Crippen molar-refractivity contribution in [1.82, 2.24) is 9.80 Å². The van der Waals surface area contributed by atoms with E-state index in [0.29, 0.717) is 30.1 Å². The number of carbonyl (C=O) groups excluding carboxylic acids is 1. The van der Waals surface area contributed by atoms with Crippen LogP contribution in [0.3, 0.4) is 0 Å². The van der Waals surface area contributed by atoms with Gasteiger partial charge < -0.3 is 14.7 Å². The molecule has 0 aliphatic carbocycles. The van der Waals surface area contributed by atoms with Gasteiger partial charge in [0.2, 0.25) is 15.9 Å². The molecule has 214 valence electrons. The highest BCUT2D eigenvalue weighted by Gasteiger charge is 2.31. The summed E-state index contributed by atoms with van der Waals surface area (Å²) in [7, 11) is -1.43. The van der Waals surface area contributed by atoms with Crippen molar-refractivity contribution in [3.05, 3.63) is 83.9 Å². The summed E-state index contributed by atoms with van der Waals surface area (Å²) in [5, 5.41) is 9.85. The zero-order valence-electron chi connectivity index (χ0n) is 23.6. The van der Waals surface area contributed by atoms with Crippen LogP contribution in [-0.2, 0) is 27.8 Å². The number of likely N-dealkylation sites (N-methyl/N-ethyl adjacent to an activating group) is 1. The van der Waals surface area contributed by atoms with E-state index in [4.69, 9.17) is 4.74 Å². The molecule has 3 atom stereocenters.